The molecular weight excluding hydrogens is 1720 g/mol. The number of hydrogen-bond acceptors (Lipinski definition) is 34. The van der Waals surface area contributed by atoms with E-state index in [0.29, 0.717) is 168 Å². The van der Waals surface area contributed by atoms with Crippen molar-refractivity contribution in [1.29, 1.82) is 0 Å². The van der Waals surface area contributed by atoms with Crippen LogP contribution < -0.4 is 31.3 Å². The van der Waals surface area contributed by atoms with E-state index in [-0.39, 0.29) is 110 Å². The van der Waals surface area contributed by atoms with Crippen LogP contribution in [-0.4, -0.2) is 315 Å². The van der Waals surface area contributed by atoms with E-state index in [1.54, 1.807) is 26.2 Å². The molecule has 6 aromatic rings. The molecule has 1 aliphatic carbocycles. The van der Waals surface area contributed by atoms with Crippen molar-refractivity contribution in [2.45, 2.75) is 155 Å². The van der Waals surface area contributed by atoms with Gasteiger partial charge in [-0.25, -0.2) is 24.4 Å². The number of fused-ring (bicyclic) bond motifs is 6. The average molecular weight is 1840 g/mol. The Morgan fingerprint density at radius 3 is 1.60 bits per heavy atom. The number of carbonyl (C=O) groups excluding carboxylic acids is 10. The second kappa shape index (κ2) is 59.7. The van der Waals surface area contributed by atoms with Gasteiger partial charge in [0.05, 0.1) is 194 Å². The van der Waals surface area contributed by atoms with E-state index < -0.39 is 116 Å². The minimum Gasteiger partial charge on any atom is -0.465 e. The number of imidazole rings is 1. The third kappa shape index (κ3) is 37.5. The van der Waals surface area contributed by atoms with Gasteiger partial charge in [0, 0.05) is 78.5 Å². The van der Waals surface area contributed by atoms with E-state index in [0.717, 1.165) is 62.8 Å². The molecule has 7 atom stereocenters. The summed E-state index contributed by atoms with van der Waals surface area (Å²) in [4.78, 5) is 143. The lowest BCUT2D eigenvalue weighted by atomic mass is 9.98. The lowest BCUT2D eigenvalue weighted by Crippen LogP contribution is -2.63. The van der Waals surface area contributed by atoms with Gasteiger partial charge in [-0.05, 0) is 90.8 Å². The molecule has 0 saturated carbocycles. The number of esters is 5. The molecule has 40 heteroatoms. The summed E-state index contributed by atoms with van der Waals surface area (Å²) in [6, 6.07) is 23.3. The fraction of sp³-hybridized carbons (Fsp3) is 0.582. The maximum atomic E-state index is 14.4. The SMILES string of the molecule is CCCCc1nc2c(NC(=O)OCc3ccc(O[C@H]4O[C@H](COC(C)=O)[C@@H](OC(C)=O)[C@H](OC(C)=O)C4OC(C)=O)c(NC(=O)CCNC(=O)[C@H](CCCCNC(=O)CCOCCOCCOCCOCCOCCOCCOCCOCCOCCOCCOCCOC)NC(=O)OCC4c5ccccc5-c5ccccc54)c3)nc3cc(C(=O)OC)ccc3c2n1CC(C)O. The number of hydrogen-bond donors (Lipinski definition) is 6. The van der Waals surface area contributed by atoms with Crippen molar-refractivity contribution in [3.05, 3.63) is 113 Å². The Kier molecular flexibility index (Phi) is 48.1. The first kappa shape index (κ1) is 106. The molecule has 0 spiro atoms. The summed E-state index contributed by atoms with van der Waals surface area (Å²) >= 11 is 0. The van der Waals surface area contributed by atoms with Crippen LogP contribution in [0.3, 0.4) is 0 Å². The first-order chi connectivity index (χ1) is 63.5. The van der Waals surface area contributed by atoms with Gasteiger partial charge in [0.2, 0.25) is 30.1 Å². The van der Waals surface area contributed by atoms with E-state index >= 15 is 0 Å². The van der Waals surface area contributed by atoms with E-state index in [2.05, 4.69) is 26.6 Å². The molecule has 2 aromatic heterocycles. The number of aromatic nitrogens is 3. The van der Waals surface area contributed by atoms with Gasteiger partial charge < -0.3 is 130 Å². The van der Waals surface area contributed by atoms with Gasteiger partial charge in [0.1, 0.15) is 49.1 Å². The summed E-state index contributed by atoms with van der Waals surface area (Å²) in [5, 5.41) is 25.1. The van der Waals surface area contributed by atoms with Crippen molar-refractivity contribution in [2.24, 2.45) is 0 Å². The van der Waals surface area contributed by atoms with Crippen molar-refractivity contribution in [1.82, 2.24) is 30.5 Å². The van der Waals surface area contributed by atoms with Crippen LogP contribution in [0.5, 0.6) is 5.75 Å². The Labute approximate surface area is 760 Å². The number of nitrogens with one attached hydrogen (secondary N) is 5. The zero-order valence-electron chi connectivity index (χ0n) is 75.8. The largest absolute Gasteiger partial charge is 0.465 e. The number of aryl methyl sites for hydroxylation is 1. The third-order valence-corrected chi connectivity index (χ3v) is 19.9. The van der Waals surface area contributed by atoms with Crippen LogP contribution in [0.25, 0.3) is 33.1 Å². The highest BCUT2D eigenvalue weighted by Gasteiger charge is 2.54. The Morgan fingerprint density at radius 2 is 1.06 bits per heavy atom. The van der Waals surface area contributed by atoms with Crippen LogP contribution in [0.4, 0.5) is 21.1 Å². The van der Waals surface area contributed by atoms with Gasteiger partial charge in [-0.2, -0.15) is 0 Å². The number of aliphatic hydroxyl groups excluding tert-OH is 1. The summed E-state index contributed by atoms with van der Waals surface area (Å²) in [5.74, 6) is -5.78. The molecule has 4 aromatic carbocycles. The average Bonchev–Trinajstić information content (AvgIpc) is 1.64. The van der Waals surface area contributed by atoms with Crippen LogP contribution in [0.15, 0.2) is 84.9 Å². The number of aliphatic hydroxyl groups is 1. The minimum absolute atomic E-state index is 0.0438. The van der Waals surface area contributed by atoms with Crippen LogP contribution in [0, 0.1) is 0 Å². The summed E-state index contributed by atoms with van der Waals surface area (Å²) in [7, 11) is 2.86. The van der Waals surface area contributed by atoms with Crippen molar-refractivity contribution in [3.8, 4) is 16.9 Å². The lowest BCUT2D eigenvalue weighted by molar-refractivity contribution is -0.288. The smallest absolute Gasteiger partial charge is 0.413 e. The van der Waals surface area contributed by atoms with Crippen LogP contribution in [-0.2, 0) is 148 Å². The van der Waals surface area contributed by atoms with E-state index in [1.165, 1.54) is 31.4 Å². The number of pyridine rings is 1. The zero-order valence-corrected chi connectivity index (χ0v) is 75.8. The minimum atomic E-state index is -1.79. The maximum Gasteiger partial charge on any atom is 0.413 e. The summed E-state index contributed by atoms with van der Waals surface area (Å²) in [6.45, 7) is 16.4. The standard InChI is InChI=1S/C91H126N8O32/c1-9-10-22-78-97-81-82(99(78)56-60(2)100)71-25-24-66(88(108)112-8)55-74(71)95-86(81)98-91(110)125-57-65-23-26-76(130-89-85(129-64(6)104)84(128-63(5)103)83(127-62(4)102)77(131-89)59-124-61(3)101)75(54-65)94-80(106)27-30-93-87(107)73(96-90(109)126-58-72-69-19-13-11-17-67(69)68-18-12-14-20-70(68)72)21-15-16-29-92-79(105)28-31-113-34-35-115-38-39-117-42-43-119-46-47-121-50-51-123-53-52-122-49-48-120-45-44-118-41-40-116-37-36-114-33-32-111-7/h11-14,17-20,23-26,54-55,60,72-73,77,83-85,89,100H,9-10,15-16,21-22,27-53,56-59H2,1-8H3,(H,92,105)(H,93,107)(H,94,106)(H,96,109)(H,95,98,110)/t60?,73-,77+,83+,84-,85?,89-/m0/s1. The quantitative estimate of drug-likeness (QED) is 0.0125. The van der Waals surface area contributed by atoms with Gasteiger partial charge in [-0.3, -0.25) is 38.9 Å². The molecule has 3 heterocycles. The van der Waals surface area contributed by atoms with Gasteiger partial charge in [-0.15, -0.1) is 0 Å². The van der Waals surface area contributed by atoms with Crippen molar-refractivity contribution in [2.75, 3.05) is 203 Å². The second-order valence-electron chi connectivity index (χ2n) is 30.1. The Hall–Kier alpha value is -10.7. The molecule has 8 rings (SSSR count). The molecular formula is C91H126N8O32. The fourth-order valence-electron chi connectivity index (χ4n) is 13.9. The normalized spacial score (nSPS) is 15.6. The predicted octanol–water partition coefficient (Wildman–Crippen LogP) is 7.16. The maximum absolute atomic E-state index is 14.4. The van der Waals surface area contributed by atoms with E-state index in [4.69, 9.17) is 109 Å². The van der Waals surface area contributed by atoms with Crippen molar-refractivity contribution < 1.29 is 153 Å². The third-order valence-electron chi connectivity index (χ3n) is 19.9. The number of carbonyl (C=O) groups is 10. The number of nitrogens with zero attached hydrogens (tertiary/aromatic N) is 3. The molecule has 1 aliphatic heterocycles. The van der Waals surface area contributed by atoms with Crippen LogP contribution in [0.2, 0.25) is 0 Å². The number of anilines is 2. The molecule has 1 fully saturated rings. The Morgan fingerprint density at radius 1 is 0.519 bits per heavy atom. The number of ether oxygens (including phenoxy) is 21. The molecule has 1 saturated heterocycles. The van der Waals surface area contributed by atoms with E-state index in [1.807, 2.05) is 60.0 Å². The van der Waals surface area contributed by atoms with Gasteiger partial charge in [0.25, 0.3) is 0 Å². The van der Waals surface area contributed by atoms with Crippen molar-refractivity contribution >= 4 is 93.2 Å². The monoisotopic (exact) mass is 1840 g/mol. The molecule has 2 unspecified atom stereocenters. The summed E-state index contributed by atoms with van der Waals surface area (Å²) in [6.07, 6.45) is -8.40. The fourth-order valence-corrected chi connectivity index (χ4v) is 13.9. The molecule has 5 amide bonds. The molecule has 2 aliphatic rings. The highest BCUT2D eigenvalue weighted by molar-refractivity contribution is 6.10. The molecule has 131 heavy (non-hydrogen) atoms. The zero-order chi connectivity index (χ0) is 93.9. The summed E-state index contributed by atoms with van der Waals surface area (Å²) < 4.78 is 119. The number of alkyl carbamates (subject to hydrolysis) is 1. The van der Waals surface area contributed by atoms with Gasteiger partial charge in [-0.1, -0.05) is 67.9 Å². The molecule has 0 radical (unpaired) electrons. The molecule has 0 bridgehead atoms. The number of rotatable bonds is 65. The molecule has 722 valence electrons. The Bertz CT molecular complexity index is 4510. The number of benzene rings is 4. The van der Waals surface area contributed by atoms with Gasteiger partial charge in [0.15, 0.2) is 18.0 Å². The predicted molar refractivity (Wildman–Crippen MR) is 470 cm³/mol. The summed E-state index contributed by atoms with van der Waals surface area (Å²) in [5.41, 5.74) is 5.25. The van der Waals surface area contributed by atoms with Crippen LogP contribution in [0.1, 0.15) is 125 Å². The Balaban J connectivity index is 0.819. The second-order valence-corrected chi connectivity index (χ2v) is 30.1. The van der Waals surface area contributed by atoms with E-state index in [9.17, 15) is 53.1 Å². The molecule has 6 N–H and O–H groups in total. The highest BCUT2D eigenvalue weighted by Crippen LogP contribution is 2.45. The topological polar surface area (TPSA) is 476 Å². The first-order valence-electron chi connectivity index (χ1n) is 44.0. The van der Waals surface area contributed by atoms with Crippen molar-refractivity contribution in [3.63, 3.8) is 0 Å². The molecule has 40 nitrogen and oxygen atoms in total. The number of methoxy groups -OCH3 is 2. The number of unbranched alkanes of at least 4 members (excludes halogenated alkanes) is 2. The lowest BCUT2D eigenvalue weighted by Gasteiger charge is -2.44. The first-order valence-corrected chi connectivity index (χ1v) is 44.0. The number of amides is 5. The van der Waals surface area contributed by atoms with Gasteiger partial charge >= 0.3 is 42.0 Å². The highest BCUT2D eigenvalue weighted by atomic mass is 16.7. The van der Waals surface area contributed by atoms with Crippen LogP contribution >= 0.6 is 0 Å².